The van der Waals surface area contributed by atoms with Crippen molar-refractivity contribution in [3.63, 3.8) is 0 Å². The Bertz CT molecular complexity index is 934. The van der Waals surface area contributed by atoms with Gasteiger partial charge in [-0.3, -0.25) is 9.69 Å². The first-order valence-electron chi connectivity index (χ1n) is 9.76. The van der Waals surface area contributed by atoms with Gasteiger partial charge in [-0.25, -0.2) is 4.98 Å². The molecule has 0 aliphatic carbocycles. The Hall–Kier alpha value is -2.50. The van der Waals surface area contributed by atoms with Crippen LogP contribution in [0.5, 0.6) is 0 Å². The molecule has 3 aromatic rings. The molecule has 1 aliphatic heterocycles. The minimum absolute atomic E-state index is 0.0350. The molecule has 5 heteroatoms. The lowest BCUT2D eigenvalue weighted by Gasteiger charge is -2.25. The molecule has 0 fully saturated rings. The Morgan fingerprint density at radius 2 is 1.89 bits per heavy atom. The first-order valence-corrected chi connectivity index (χ1v) is 10.6. The second-order valence-corrected chi connectivity index (χ2v) is 8.45. The second-order valence-electron chi connectivity index (χ2n) is 7.37. The second kappa shape index (κ2) is 8.67. The molecule has 144 valence electrons. The molecule has 1 aliphatic rings. The van der Waals surface area contributed by atoms with Gasteiger partial charge in [-0.1, -0.05) is 60.2 Å². The molecule has 0 radical (unpaired) electrons. The zero-order chi connectivity index (χ0) is 19.3. The molecule has 4 nitrogen and oxygen atoms in total. The lowest BCUT2D eigenvalue weighted by atomic mass is 10.1. The maximum Gasteiger partial charge on any atom is 0.226 e. The zero-order valence-electron chi connectivity index (χ0n) is 16.1. The van der Waals surface area contributed by atoms with Crippen molar-refractivity contribution in [2.24, 2.45) is 0 Å². The van der Waals surface area contributed by atoms with Crippen molar-refractivity contribution in [2.75, 3.05) is 11.9 Å². The van der Waals surface area contributed by atoms with Crippen molar-refractivity contribution in [1.29, 1.82) is 0 Å². The molecule has 2 heterocycles. The Morgan fingerprint density at radius 1 is 1.11 bits per heavy atom. The van der Waals surface area contributed by atoms with Crippen molar-refractivity contribution in [3.8, 4) is 0 Å². The smallest absolute Gasteiger partial charge is 0.226 e. The predicted octanol–water partition coefficient (Wildman–Crippen LogP) is 4.58. The Kier molecular flexibility index (Phi) is 5.84. The van der Waals surface area contributed by atoms with Crippen LogP contribution in [0, 0.1) is 6.92 Å². The van der Waals surface area contributed by atoms with E-state index in [9.17, 15) is 4.79 Å². The summed E-state index contributed by atoms with van der Waals surface area (Å²) >= 11 is 1.62. The highest BCUT2D eigenvalue weighted by molar-refractivity contribution is 7.15. The normalized spacial score (nSPS) is 13.9. The van der Waals surface area contributed by atoms with Crippen LogP contribution in [-0.2, 0) is 30.7 Å². The Labute approximate surface area is 170 Å². The number of carbonyl (C=O) groups is 1. The average Bonchev–Trinajstić information content (AvgIpc) is 3.10. The molecule has 0 unspecified atom stereocenters. The first-order chi connectivity index (χ1) is 13.7. The number of rotatable bonds is 6. The maximum absolute atomic E-state index is 12.3. The summed E-state index contributed by atoms with van der Waals surface area (Å²) in [5.74, 6) is 0.0350. The van der Waals surface area contributed by atoms with Gasteiger partial charge in [-0.15, -0.1) is 11.3 Å². The quantitative estimate of drug-likeness (QED) is 0.669. The largest absolute Gasteiger partial charge is 0.302 e. The number of thiazole rings is 1. The number of hydrogen-bond acceptors (Lipinski definition) is 4. The summed E-state index contributed by atoms with van der Waals surface area (Å²) in [5.41, 5.74) is 4.90. The summed E-state index contributed by atoms with van der Waals surface area (Å²) in [6.07, 6.45) is 2.17. The van der Waals surface area contributed by atoms with Gasteiger partial charge in [-0.05, 0) is 24.5 Å². The summed E-state index contributed by atoms with van der Waals surface area (Å²) in [5, 5.41) is 3.73. The number of anilines is 1. The van der Waals surface area contributed by atoms with E-state index in [1.807, 2.05) is 0 Å². The standard InChI is InChI=1S/C23H25N3OS/c1-17-7-9-18(10-8-17)11-12-22(27)25-23-24-20-13-14-26(16-21(20)28-23)15-19-5-3-2-4-6-19/h2-10H,11-16H2,1H3,(H,24,25,27). The summed E-state index contributed by atoms with van der Waals surface area (Å²) < 4.78 is 0. The van der Waals surface area contributed by atoms with Gasteiger partial charge < -0.3 is 5.32 Å². The van der Waals surface area contributed by atoms with E-state index in [-0.39, 0.29) is 5.91 Å². The summed E-state index contributed by atoms with van der Waals surface area (Å²) in [6.45, 7) is 4.94. The highest BCUT2D eigenvalue weighted by Gasteiger charge is 2.21. The van der Waals surface area contributed by atoms with Gasteiger partial charge in [0.05, 0.1) is 5.69 Å². The number of benzene rings is 2. The summed E-state index contributed by atoms with van der Waals surface area (Å²) in [7, 11) is 0. The van der Waals surface area contributed by atoms with Crippen molar-refractivity contribution in [3.05, 3.63) is 81.9 Å². The molecule has 0 atom stereocenters. The van der Waals surface area contributed by atoms with Crippen LogP contribution in [0.15, 0.2) is 54.6 Å². The minimum atomic E-state index is 0.0350. The molecule has 0 bridgehead atoms. The molecular weight excluding hydrogens is 366 g/mol. The maximum atomic E-state index is 12.3. The van der Waals surface area contributed by atoms with Crippen LogP contribution >= 0.6 is 11.3 Å². The molecule has 0 saturated heterocycles. The third kappa shape index (κ3) is 4.86. The van der Waals surface area contributed by atoms with E-state index < -0.39 is 0 Å². The van der Waals surface area contributed by atoms with Gasteiger partial charge in [-0.2, -0.15) is 0 Å². The van der Waals surface area contributed by atoms with E-state index in [1.54, 1.807) is 11.3 Å². The Morgan fingerprint density at radius 3 is 2.68 bits per heavy atom. The van der Waals surface area contributed by atoms with Crippen LogP contribution in [-0.4, -0.2) is 22.3 Å². The zero-order valence-corrected chi connectivity index (χ0v) is 17.0. The molecule has 4 rings (SSSR count). The summed E-state index contributed by atoms with van der Waals surface area (Å²) in [6, 6.07) is 18.9. The Balaban J connectivity index is 1.31. The molecule has 1 amide bonds. The van der Waals surface area contributed by atoms with E-state index in [4.69, 9.17) is 0 Å². The highest BCUT2D eigenvalue weighted by Crippen LogP contribution is 2.29. The number of nitrogens with zero attached hydrogens (tertiary/aromatic N) is 2. The van der Waals surface area contributed by atoms with Gasteiger partial charge in [0.25, 0.3) is 0 Å². The first kappa shape index (κ1) is 18.8. The van der Waals surface area contributed by atoms with Crippen LogP contribution in [0.3, 0.4) is 0 Å². The van der Waals surface area contributed by atoms with Crippen molar-refractivity contribution < 1.29 is 4.79 Å². The van der Waals surface area contributed by atoms with E-state index in [1.165, 1.54) is 21.6 Å². The number of aryl methyl sites for hydroxylation is 2. The lowest BCUT2D eigenvalue weighted by molar-refractivity contribution is -0.116. The van der Waals surface area contributed by atoms with Crippen molar-refractivity contribution in [2.45, 2.75) is 39.3 Å². The van der Waals surface area contributed by atoms with Crippen LogP contribution < -0.4 is 5.32 Å². The van der Waals surface area contributed by atoms with E-state index in [0.717, 1.165) is 43.3 Å². The third-order valence-electron chi connectivity index (χ3n) is 5.07. The van der Waals surface area contributed by atoms with Crippen LogP contribution in [0.2, 0.25) is 0 Å². The van der Waals surface area contributed by atoms with E-state index in [0.29, 0.717) is 6.42 Å². The van der Waals surface area contributed by atoms with Crippen LogP contribution in [0.25, 0.3) is 0 Å². The minimum Gasteiger partial charge on any atom is -0.302 e. The number of nitrogens with one attached hydrogen (secondary N) is 1. The van der Waals surface area contributed by atoms with Gasteiger partial charge >= 0.3 is 0 Å². The van der Waals surface area contributed by atoms with E-state index in [2.05, 4.69) is 76.7 Å². The van der Waals surface area contributed by atoms with E-state index >= 15 is 0 Å². The number of carbonyl (C=O) groups excluding carboxylic acids is 1. The number of amides is 1. The number of aromatic nitrogens is 1. The molecular formula is C23H25N3OS. The monoisotopic (exact) mass is 391 g/mol. The van der Waals surface area contributed by atoms with Gasteiger partial charge in [0.15, 0.2) is 5.13 Å². The van der Waals surface area contributed by atoms with Crippen molar-refractivity contribution in [1.82, 2.24) is 9.88 Å². The van der Waals surface area contributed by atoms with Gasteiger partial charge in [0.1, 0.15) is 0 Å². The topological polar surface area (TPSA) is 45.2 Å². The predicted molar refractivity (Wildman–Crippen MR) is 115 cm³/mol. The SMILES string of the molecule is Cc1ccc(CCC(=O)Nc2nc3c(s2)CN(Cc2ccccc2)CC3)cc1. The molecule has 1 aromatic heterocycles. The molecule has 28 heavy (non-hydrogen) atoms. The number of hydrogen-bond donors (Lipinski definition) is 1. The fraction of sp³-hybridized carbons (Fsp3) is 0.304. The molecule has 0 spiro atoms. The van der Waals surface area contributed by atoms with Gasteiger partial charge in [0.2, 0.25) is 5.91 Å². The van der Waals surface area contributed by atoms with Crippen LogP contribution in [0.4, 0.5) is 5.13 Å². The molecule has 0 saturated carbocycles. The fourth-order valence-corrected chi connectivity index (χ4v) is 4.54. The lowest BCUT2D eigenvalue weighted by Crippen LogP contribution is -2.29. The third-order valence-corrected chi connectivity index (χ3v) is 6.06. The molecule has 1 N–H and O–H groups in total. The van der Waals surface area contributed by atoms with Gasteiger partial charge in [0, 0.05) is 37.4 Å². The highest BCUT2D eigenvalue weighted by atomic mass is 32.1. The number of fused-ring (bicyclic) bond motifs is 1. The fourth-order valence-electron chi connectivity index (χ4n) is 3.47. The summed E-state index contributed by atoms with van der Waals surface area (Å²) in [4.78, 5) is 20.7. The van der Waals surface area contributed by atoms with Crippen LogP contribution in [0.1, 0.15) is 33.7 Å². The molecule has 2 aromatic carbocycles. The average molecular weight is 392 g/mol. The van der Waals surface area contributed by atoms with Crippen molar-refractivity contribution >= 4 is 22.4 Å².